The van der Waals surface area contributed by atoms with Crippen LogP contribution in [0.1, 0.15) is 86.1 Å². The van der Waals surface area contributed by atoms with E-state index in [-0.39, 0.29) is 40.1 Å². The maximum atomic E-state index is 13.0. The van der Waals surface area contributed by atoms with E-state index in [0.29, 0.717) is 41.2 Å². The molecule has 2 aromatic rings. The van der Waals surface area contributed by atoms with Gasteiger partial charge in [-0.1, -0.05) is 56.5 Å². The number of benzene rings is 2. The molecular formula is C31H35ClN4O4. The number of allylic oxidation sites excluding steroid dienone is 1. The number of nitriles is 1. The van der Waals surface area contributed by atoms with Crippen LogP contribution in [0.5, 0.6) is 11.5 Å². The Morgan fingerprint density at radius 3 is 2.55 bits per heavy atom. The number of Topliss-reactive ketones (excluding diaryl/α,β-unsaturated/α-hetero) is 1. The summed E-state index contributed by atoms with van der Waals surface area (Å²) < 4.78 is 11.6. The summed E-state index contributed by atoms with van der Waals surface area (Å²) in [7, 11) is 1.48. The number of nitrogens with zero attached hydrogens (tertiary/aromatic N) is 3. The van der Waals surface area contributed by atoms with Crippen molar-refractivity contribution in [2.75, 3.05) is 7.11 Å². The molecule has 40 heavy (non-hydrogen) atoms. The normalized spacial score (nSPS) is 13.8. The Bertz CT molecular complexity index is 1400. The van der Waals surface area contributed by atoms with Gasteiger partial charge in [0.25, 0.3) is 5.91 Å². The van der Waals surface area contributed by atoms with Gasteiger partial charge in [-0.2, -0.15) is 10.3 Å². The van der Waals surface area contributed by atoms with E-state index in [1.165, 1.54) is 7.11 Å². The smallest absolute Gasteiger partial charge is 0.253 e. The molecular weight excluding hydrogens is 528 g/mol. The number of nitrogens with one attached hydrogen (secondary N) is 1. The van der Waals surface area contributed by atoms with Gasteiger partial charge in [0, 0.05) is 12.5 Å². The molecule has 0 atom stereocenters. The number of ether oxygens (including phenoxy) is 2. The van der Waals surface area contributed by atoms with Crippen LogP contribution in [0.25, 0.3) is 0 Å². The zero-order valence-electron chi connectivity index (χ0n) is 23.6. The first kappa shape index (κ1) is 30.6. The highest BCUT2D eigenvalue weighted by Gasteiger charge is 2.25. The minimum atomic E-state index is -0.271. The van der Waals surface area contributed by atoms with Crippen molar-refractivity contribution < 1.29 is 19.1 Å². The Hall–Kier alpha value is -3.96. The van der Waals surface area contributed by atoms with Gasteiger partial charge in [-0.25, -0.2) is 4.99 Å². The van der Waals surface area contributed by atoms with E-state index in [2.05, 4.69) is 35.2 Å². The zero-order valence-corrected chi connectivity index (χ0v) is 24.4. The van der Waals surface area contributed by atoms with Crippen LogP contribution >= 0.6 is 11.6 Å². The van der Waals surface area contributed by atoms with Crippen LogP contribution in [0.15, 0.2) is 52.0 Å². The first-order valence-electron chi connectivity index (χ1n) is 13.5. The molecule has 1 N–H and O–H groups in total. The molecule has 0 fully saturated rings. The van der Waals surface area contributed by atoms with Crippen molar-refractivity contribution >= 4 is 40.7 Å². The van der Waals surface area contributed by atoms with E-state index < -0.39 is 0 Å². The average Bonchev–Trinajstić information content (AvgIpc) is 3.31. The molecule has 8 nitrogen and oxygen atoms in total. The number of amides is 1. The van der Waals surface area contributed by atoms with Crippen molar-refractivity contribution in [1.29, 1.82) is 5.26 Å². The monoisotopic (exact) mass is 562 g/mol. The largest absolute Gasteiger partial charge is 0.494 e. The van der Waals surface area contributed by atoms with E-state index >= 15 is 0 Å². The van der Waals surface area contributed by atoms with Crippen molar-refractivity contribution in [2.45, 2.75) is 72.3 Å². The third kappa shape index (κ3) is 7.36. The predicted molar refractivity (Wildman–Crippen MR) is 158 cm³/mol. The highest BCUT2D eigenvalue weighted by Crippen LogP contribution is 2.34. The third-order valence-corrected chi connectivity index (χ3v) is 6.84. The van der Waals surface area contributed by atoms with Crippen LogP contribution in [0.4, 0.5) is 5.69 Å². The van der Waals surface area contributed by atoms with Gasteiger partial charge in [0.2, 0.25) is 5.90 Å². The van der Waals surface area contributed by atoms with Crippen LogP contribution in [0.3, 0.4) is 0 Å². The molecule has 3 rings (SSSR count). The summed E-state index contributed by atoms with van der Waals surface area (Å²) in [5.74, 6) is 0.675. The number of hydrogen-bond donors (Lipinski definition) is 1. The Balaban J connectivity index is 1.96. The number of ketones is 1. The molecule has 210 valence electrons. The van der Waals surface area contributed by atoms with E-state index in [9.17, 15) is 14.9 Å². The van der Waals surface area contributed by atoms with Crippen LogP contribution in [-0.4, -0.2) is 36.6 Å². The number of hydrogen-bond acceptors (Lipinski definition) is 6. The molecule has 0 unspecified atom stereocenters. The van der Waals surface area contributed by atoms with Crippen LogP contribution < -0.4 is 14.8 Å². The topological polar surface area (TPSA) is 113 Å². The lowest BCUT2D eigenvalue weighted by Crippen LogP contribution is -2.34. The van der Waals surface area contributed by atoms with Gasteiger partial charge in [-0.05, 0) is 56.9 Å². The maximum absolute atomic E-state index is 13.0. The number of aryl methyl sites for hydroxylation is 1. The van der Waals surface area contributed by atoms with Crippen molar-refractivity contribution in [3.8, 4) is 17.6 Å². The minimum Gasteiger partial charge on any atom is -0.494 e. The fourth-order valence-electron chi connectivity index (χ4n) is 4.60. The Morgan fingerprint density at radius 2 is 1.93 bits per heavy atom. The van der Waals surface area contributed by atoms with E-state index in [1.54, 1.807) is 38.1 Å². The standard InChI is InChI=1S/C31H35ClN4O4/c1-6-10-22(11-7-2)36-30(38)23-16-28(39-5)25(17-24(23)32)34-19(4)35-31(20(8-3)18-33)40-27-13-9-12-21-14-15-26(37)29(21)27/h8-9,12-13,16-17,22H,6-7,10-11,14-15H2,1-5H3,(H,36,38)/b20-8-,34-19?,35-31?. The molecule has 0 radical (unpaired) electrons. The van der Waals surface area contributed by atoms with E-state index in [4.69, 9.17) is 21.1 Å². The Morgan fingerprint density at radius 1 is 1.20 bits per heavy atom. The SMILES string of the molecule is C/C=C(/C#N)C(=NC(C)=Nc1cc(Cl)c(C(=O)NC(CCC)CCC)cc1OC)Oc1cccc2c1C(=O)CC2. The fraction of sp³-hybridized carbons (Fsp3) is 0.387. The Labute approximate surface area is 240 Å². The molecule has 0 heterocycles. The molecule has 0 saturated carbocycles. The first-order valence-corrected chi connectivity index (χ1v) is 13.9. The average molecular weight is 563 g/mol. The quantitative estimate of drug-likeness (QED) is 0.187. The number of rotatable bonds is 10. The molecule has 0 aromatic heterocycles. The third-order valence-electron chi connectivity index (χ3n) is 6.53. The van der Waals surface area contributed by atoms with Crippen molar-refractivity contribution in [3.63, 3.8) is 0 Å². The maximum Gasteiger partial charge on any atom is 0.253 e. The minimum absolute atomic E-state index is 0.00598. The molecule has 0 aliphatic heterocycles. The number of methoxy groups -OCH3 is 1. The summed E-state index contributed by atoms with van der Waals surface area (Å²) in [6.45, 7) is 7.51. The molecule has 1 aliphatic rings. The molecule has 1 aliphatic carbocycles. The van der Waals surface area contributed by atoms with Crippen LogP contribution in [0.2, 0.25) is 5.02 Å². The second-order valence-electron chi connectivity index (χ2n) is 9.46. The van der Waals surface area contributed by atoms with Crippen molar-refractivity contribution in [3.05, 3.63) is 63.7 Å². The van der Waals surface area contributed by atoms with Gasteiger partial charge in [0.15, 0.2) is 5.78 Å². The zero-order chi connectivity index (χ0) is 29.2. The second kappa shape index (κ2) is 14.4. The first-order chi connectivity index (χ1) is 19.3. The number of fused-ring (bicyclic) bond motifs is 1. The summed E-state index contributed by atoms with van der Waals surface area (Å²) in [6.07, 6.45) is 6.34. The Kier molecular flexibility index (Phi) is 11.0. The number of amidine groups is 1. The molecule has 9 heteroatoms. The number of aliphatic imine (C=N–C) groups is 2. The van der Waals surface area contributed by atoms with E-state index in [1.807, 2.05) is 12.1 Å². The molecule has 0 spiro atoms. The summed E-state index contributed by atoms with van der Waals surface area (Å²) in [5, 5.41) is 13.0. The predicted octanol–water partition coefficient (Wildman–Crippen LogP) is 7.17. The van der Waals surface area contributed by atoms with Gasteiger partial charge in [-0.15, -0.1) is 0 Å². The number of carbonyl (C=O) groups is 2. The molecule has 0 bridgehead atoms. The second-order valence-corrected chi connectivity index (χ2v) is 9.86. The van der Waals surface area contributed by atoms with Crippen molar-refractivity contribution in [1.82, 2.24) is 5.32 Å². The van der Waals surface area contributed by atoms with Gasteiger partial charge in [-0.3, -0.25) is 9.59 Å². The van der Waals surface area contributed by atoms with Crippen molar-refractivity contribution in [2.24, 2.45) is 9.98 Å². The molecule has 1 amide bonds. The molecule has 2 aromatic carbocycles. The van der Waals surface area contributed by atoms with Gasteiger partial charge >= 0.3 is 0 Å². The van der Waals surface area contributed by atoms with E-state index in [0.717, 1.165) is 31.2 Å². The lowest BCUT2D eigenvalue weighted by molar-refractivity contribution is 0.0931. The van der Waals surface area contributed by atoms with Crippen LogP contribution in [0, 0.1) is 11.3 Å². The summed E-state index contributed by atoms with van der Waals surface area (Å²) >= 11 is 6.52. The summed E-state index contributed by atoms with van der Waals surface area (Å²) in [5.41, 5.74) is 2.26. The summed E-state index contributed by atoms with van der Waals surface area (Å²) in [4.78, 5) is 34.5. The highest BCUT2D eigenvalue weighted by atomic mass is 35.5. The lowest BCUT2D eigenvalue weighted by Gasteiger charge is -2.18. The lowest BCUT2D eigenvalue weighted by atomic mass is 10.1. The number of halogens is 1. The highest BCUT2D eigenvalue weighted by molar-refractivity contribution is 6.34. The van der Waals surface area contributed by atoms with Gasteiger partial charge in [0.1, 0.15) is 34.7 Å². The summed E-state index contributed by atoms with van der Waals surface area (Å²) in [6, 6.07) is 10.7. The molecule has 0 saturated heterocycles. The fourth-order valence-corrected chi connectivity index (χ4v) is 4.84. The number of carbonyl (C=O) groups excluding carboxylic acids is 2. The van der Waals surface area contributed by atoms with Crippen LogP contribution in [-0.2, 0) is 6.42 Å². The van der Waals surface area contributed by atoms with Gasteiger partial charge in [0.05, 0.1) is 23.3 Å². The van der Waals surface area contributed by atoms with Gasteiger partial charge < -0.3 is 14.8 Å².